The van der Waals surface area contributed by atoms with Crippen LogP contribution in [-0.4, -0.2) is 36.7 Å². The SMILES string of the molecule is Cc1c([C@H]2c3c([nH]c4c3CC[C@H](C(C)(C)O)C4)C(C(N)=O)C[C@H]2F)cccc1-n1c(=O)cc2c(Cl)cccn2c1=O. The molecule has 8 nitrogen and oxygen atoms in total. The van der Waals surface area contributed by atoms with Gasteiger partial charge in [-0.1, -0.05) is 23.7 Å². The predicted octanol–water partition coefficient (Wildman–Crippen LogP) is 4.06. The largest absolute Gasteiger partial charge is 0.390 e. The fourth-order valence-corrected chi connectivity index (χ4v) is 7.10. The number of H-pyrrole nitrogens is 1. The smallest absolute Gasteiger partial charge is 0.340 e. The van der Waals surface area contributed by atoms with Gasteiger partial charge in [-0.05, 0) is 92.8 Å². The molecule has 4 aromatic rings. The molecule has 214 valence electrons. The van der Waals surface area contributed by atoms with Gasteiger partial charge in [0.15, 0.2) is 0 Å². The van der Waals surface area contributed by atoms with E-state index in [1.54, 1.807) is 51.2 Å². The van der Waals surface area contributed by atoms with E-state index in [1.165, 1.54) is 10.5 Å². The van der Waals surface area contributed by atoms with Gasteiger partial charge in [0.1, 0.15) is 6.17 Å². The van der Waals surface area contributed by atoms with E-state index in [0.717, 1.165) is 27.8 Å². The lowest BCUT2D eigenvalue weighted by Gasteiger charge is -2.35. The first-order valence-corrected chi connectivity index (χ1v) is 14.2. The Kier molecular flexibility index (Phi) is 6.50. The molecule has 0 aliphatic heterocycles. The Balaban J connectivity index is 1.54. The molecule has 41 heavy (non-hydrogen) atoms. The maximum Gasteiger partial charge on any atom is 0.340 e. The highest BCUT2D eigenvalue weighted by atomic mass is 35.5. The molecule has 4 N–H and O–H groups in total. The lowest BCUT2D eigenvalue weighted by atomic mass is 9.70. The highest BCUT2D eigenvalue weighted by Crippen LogP contribution is 2.49. The summed E-state index contributed by atoms with van der Waals surface area (Å²) in [6.45, 7) is 5.36. The van der Waals surface area contributed by atoms with E-state index in [1.807, 2.05) is 6.07 Å². The number of pyridine rings is 1. The van der Waals surface area contributed by atoms with Gasteiger partial charge in [0, 0.05) is 29.6 Å². The molecule has 10 heteroatoms. The lowest BCUT2D eigenvalue weighted by Crippen LogP contribution is -2.37. The van der Waals surface area contributed by atoms with Gasteiger partial charge in [-0.25, -0.2) is 13.8 Å². The first-order valence-electron chi connectivity index (χ1n) is 13.8. The number of nitrogens with one attached hydrogen (secondary N) is 1. The number of carbonyl (C=O) groups excluding carboxylic acids is 1. The van der Waals surface area contributed by atoms with Crippen molar-refractivity contribution in [2.75, 3.05) is 0 Å². The molecule has 1 amide bonds. The Morgan fingerprint density at radius 2 is 1.98 bits per heavy atom. The number of nitrogens with zero attached hydrogens (tertiary/aromatic N) is 2. The van der Waals surface area contributed by atoms with Crippen LogP contribution in [0.25, 0.3) is 11.2 Å². The van der Waals surface area contributed by atoms with Gasteiger partial charge in [-0.3, -0.25) is 14.0 Å². The van der Waals surface area contributed by atoms with E-state index in [4.69, 9.17) is 17.3 Å². The van der Waals surface area contributed by atoms with Gasteiger partial charge in [0.05, 0.1) is 27.7 Å². The van der Waals surface area contributed by atoms with Crippen molar-refractivity contribution < 1.29 is 14.3 Å². The van der Waals surface area contributed by atoms with Crippen molar-refractivity contribution in [2.24, 2.45) is 11.7 Å². The minimum Gasteiger partial charge on any atom is -0.390 e. The van der Waals surface area contributed by atoms with Crippen molar-refractivity contribution in [3.8, 4) is 5.69 Å². The molecular weight excluding hydrogens is 547 g/mol. The molecule has 1 unspecified atom stereocenters. The average Bonchev–Trinajstić information content (AvgIpc) is 3.28. The number of rotatable bonds is 4. The monoisotopic (exact) mass is 578 g/mol. The zero-order valence-corrected chi connectivity index (χ0v) is 23.8. The molecule has 0 bridgehead atoms. The number of hydrogen-bond donors (Lipinski definition) is 3. The van der Waals surface area contributed by atoms with Gasteiger partial charge in [-0.2, -0.15) is 0 Å². The third-order valence-corrected chi connectivity index (χ3v) is 9.39. The molecule has 3 aromatic heterocycles. The van der Waals surface area contributed by atoms with Gasteiger partial charge in [0.2, 0.25) is 5.91 Å². The summed E-state index contributed by atoms with van der Waals surface area (Å²) in [6, 6.07) is 9.74. The van der Waals surface area contributed by atoms with Crippen molar-refractivity contribution in [1.29, 1.82) is 0 Å². The highest BCUT2D eigenvalue weighted by molar-refractivity contribution is 6.33. The van der Waals surface area contributed by atoms with E-state index in [0.29, 0.717) is 40.9 Å². The zero-order valence-electron chi connectivity index (χ0n) is 23.1. The van der Waals surface area contributed by atoms with Crippen molar-refractivity contribution in [3.63, 3.8) is 0 Å². The number of halogens is 2. The van der Waals surface area contributed by atoms with Crippen molar-refractivity contribution >= 4 is 23.0 Å². The number of nitrogens with two attached hydrogens (primary N) is 1. The van der Waals surface area contributed by atoms with Gasteiger partial charge >= 0.3 is 5.69 Å². The number of aromatic amines is 1. The van der Waals surface area contributed by atoms with Crippen LogP contribution >= 0.6 is 11.6 Å². The second kappa shape index (κ2) is 9.70. The number of fused-ring (bicyclic) bond motifs is 4. The second-order valence-corrected chi connectivity index (χ2v) is 12.3. The summed E-state index contributed by atoms with van der Waals surface area (Å²) in [4.78, 5) is 42.6. The van der Waals surface area contributed by atoms with Crippen LogP contribution in [0.4, 0.5) is 4.39 Å². The average molecular weight is 579 g/mol. The number of aromatic nitrogens is 3. The summed E-state index contributed by atoms with van der Waals surface area (Å²) in [5.41, 5.74) is 8.82. The number of carbonyl (C=O) groups is 1. The fraction of sp³-hybridized carbons (Fsp3) is 0.387. The van der Waals surface area contributed by atoms with E-state index in [2.05, 4.69) is 4.98 Å². The molecule has 0 saturated heterocycles. The fourth-order valence-electron chi connectivity index (χ4n) is 6.88. The summed E-state index contributed by atoms with van der Waals surface area (Å²) in [7, 11) is 0. The number of aliphatic hydroxyl groups is 1. The van der Waals surface area contributed by atoms with Crippen molar-refractivity contribution in [3.05, 3.63) is 102 Å². The van der Waals surface area contributed by atoms with Crippen LogP contribution in [0.3, 0.4) is 0 Å². The number of hydrogen-bond acceptors (Lipinski definition) is 4. The Bertz CT molecular complexity index is 1830. The molecule has 0 radical (unpaired) electrons. The van der Waals surface area contributed by atoms with Gasteiger partial charge < -0.3 is 15.8 Å². The molecule has 0 saturated carbocycles. The van der Waals surface area contributed by atoms with Gasteiger partial charge in [-0.15, -0.1) is 0 Å². The summed E-state index contributed by atoms with van der Waals surface area (Å²) in [5.74, 6) is -2.12. The third kappa shape index (κ3) is 4.33. The quantitative estimate of drug-likeness (QED) is 0.338. The number of benzene rings is 1. The van der Waals surface area contributed by atoms with E-state index >= 15 is 4.39 Å². The number of amides is 1. The number of primary amides is 1. The Labute approximate surface area is 240 Å². The maximum absolute atomic E-state index is 16.3. The van der Waals surface area contributed by atoms with E-state index in [9.17, 15) is 19.5 Å². The highest BCUT2D eigenvalue weighted by Gasteiger charge is 2.44. The van der Waals surface area contributed by atoms with Crippen LogP contribution < -0.4 is 17.0 Å². The van der Waals surface area contributed by atoms with Crippen LogP contribution in [0.5, 0.6) is 0 Å². The van der Waals surface area contributed by atoms with Crippen LogP contribution in [0.15, 0.2) is 52.2 Å². The molecule has 6 rings (SSSR count). The lowest BCUT2D eigenvalue weighted by molar-refractivity contribution is -0.120. The van der Waals surface area contributed by atoms with Crippen LogP contribution in [0.1, 0.15) is 72.2 Å². The summed E-state index contributed by atoms with van der Waals surface area (Å²) in [5, 5.41) is 11.0. The van der Waals surface area contributed by atoms with E-state index < -0.39 is 40.8 Å². The molecule has 1 aromatic carbocycles. The normalized spacial score (nSPS) is 22.4. The molecule has 0 fully saturated rings. The molecule has 3 heterocycles. The van der Waals surface area contributed by atoms with Crippen LogP contribution in [-0.2, 0) is 17.6 Å². The van der Waals surface area contributed by atoms with E-state index in [-0.39, 0.29) is 17.4 Å². The first kappa shape index (κ1) is 27.5. The Hall–Kier alpha value is -3.69. The van der Waals surface area contributed by atoms with Gasteiger partial charge in [0.25, 0.3) is 5.56 Å². The van der Waals surface area contributed by atoms with Crippen LogP contribution in [0.2, 0.25) is 5.02 Å². The first-order chi connectivity index (χ1) is 19.4. The van der Waals surface area contributed by atoms with Crippen molar-refractivity contribution in [2.45, 2.75) is 70.1 Å². The molecule has 4 atom stereocenters. The Morgan fingerprint density at radius 1 is 1.22 bits per heavy atom. The Morgan fingerprint density at radius 3 is 2.68 bits per heavy atom. The number of alkyl halides is 1. The molecular formula is C31H32ClFN4O4. The maximum atomic E-state index is 16.3. The minimum atomic E-state index is -1.42. The second-order valence-electron chi connectivity index (χ2n) is 11.9. The summed E-state index contributed by atoms with van der Waals surface area (Å²) >= 11 is 6.24. The minimum absolute atomic E-state index is 0.00748. The van der Waals surface area contributed by atoms with Crippen LogP contribution in [0, 0.1) is 12.8 Å². The standard InChI is InChI=1S/C31H32ClFN4O4/c1-15-17(6-4-8-23(15)37-25(38)14-24-20(32)7-5-11-36(24)30(37)40)26-21(33)13-19(29(34)39)28-27(26)18-10-9-16(31(2,3)41)12-22(18)35-28/h4-8,11,14,16,19,21,26,35,41H,9-10,12-13H2,1-3H3,(H2,34,39)/t16-,19?,21+,26+/m0/s1. The zero-order chi connectivity index (χ0) is 29.4. The van der Waals surface area contributed by atoms with Crippen molar-refractivity contribution in [1.82, 2.24) is 14.0 Å². The summed E-state index contributed by atoms with van der Waals surface area (Å²) < 4.78 is 18.6. The predicted molar refractivity (Wildman–Crippen MR) is 155 cm³/mol. The summed E-state index contributed by atoms with van der Waals surface area (Å²) in [6.07, 6.45) is 1.95. The molecule has 2 aliphatic rings. The molecule has 2 aliphatic carbocycles. The molecule has 0 spiro atoms. The topological polar surface area (TPSA) is 123 Å². The third-order valence-electron chi connectivity index (χ3n) is 9.07.